The van der Waals surface area contributed by atoms with Crippen LogP contribution in [0.5, 0.6) is 0 Å². The van der Waals surface area contributed by atoms with Crippen molar-refractivity contribution in [1.29, 1.82) is 0 Å². The highest BCUT2D eigenvalue weighted by atomic mass is 16.4. The molecule has 2 aromatic carbocycles. The molecular weight excluding hydrogens is 314 g/mol. The van der Waals surface area contributed by atoms with Crippen molar-refractivity contribution >= 4 is 5.97 Å². The Morgan fingerprint density at radius 3 is 1.48 bits per heavy atom. The van der Waals surface area contributed by atoms with Gasteiger partial charge in [-0.15, -0.1) is 0 Å². The SMILES string of the molecule is C1CN2CCC1CC2.O=C(O)C(O)(c1ccccc1)c1ccccc1. The van der Waals surface area contributed by atoms with E-state index in [1.54, 1.807) is 60.7 Å². The van der Waals surface area contributed by atoms with Crippen molar-refractivity contribution in [3.05, 3.63) is 71.8 Å². The van der Waals surface area contributed by atoms with E-state index in [1.165, 1.54) is 38.9 Å². The Bertz CT molecular complexity index is 616. The molecule has 2 N–H and O–H groups in total. The number of rotatable bonds is 3. The van der Waals surface area contributed by atoms with Gasteiger partial charge in [0.05, 0.1) is 0 Å². The number of carboxylic acids is 1. The van der Waals surface area contributed by atoms with Crippen LogP contribution in [0.4, 0.5) is 0 Å². The molecule has 3 aliphatic heterocycles. The fraction of sp³-hybridized carbons (Fsp3) is 0.381. The van der Waals surface area contributed by atoms with Gasteiger partial charge >= 0.3 is 5.97 Å². The highest BCUT2D eigenvalue weighted by molar-refractivity contribution is 5.83. The maximum absolute atomic E-state index is 11.4. The van der Waals surface area contributed by atoms with Crippen molar-refractivity contribution in [2.75, 3.05) is 19.6 Å². The molecule has 0 atom stereocenters. The summed E-state index contributed by atoms with van der Waals surface area (Å²) in [7, 11) is 0. The Hall–Kier alpha value is -2.17. The number of fused-ring (bicyclic) bond motifs is 3. The first-order chi connectivity index (χ1) is 12.1. The monoisotopic (exact) mass is 339 g/mol. The van der Waals surface area contributed by atoms with Crippen LogP contribution in [0.3, 0.4) is 0 Å². The second-order valence-electron chi connectivity index (χ2n) is 6.82. The van der Waals surface area contributed by atoms with Crippen molar-refractivity contribution in [2.24, 2.45) is 5.92 Å². The van der Waals surface area contributed by atoms with E-state index in [0.29, 0.717) is 11.1 Å². The van der Waals surface area contributed by atoms with Gasteiger partial charge < -0.3 is 15.1 Å². The summed E-state index contributed by atoms with van der Waals surface area (Å²) in [6.07, 6.45) is 4.46. The van der Waals surface area contributed by atoms with E-state index in [4.69, 9.17) is 0 Å². The zero-order chi connectivity index (χ0) is 17.7. The third-order valence-electron chi connectivity index (χ3n) is 5.25. The summed E-state index contributed by atoms with van der Waals surface area (Å²) in [5.41, 5.74) is -1.31. The summed E-state index contributed by atoms with van der Waals surface area (Å²) in [6, 6.07) is 16.7. The first-order valence-electron chi connectivity index (χ1n) is 8.90. The molecule has 0 amide bonds. The van der Waals surface area contributed by atoms with E-state index >= 15 is 0 Å². The van der Waals surface area contributed by atoms with Gasteiger partial charge in [-0.3, -0.25) is 0 Å². The number of aliphatic carboxylic acids is 1. The Labute approximate surface area is 148 Å². The number of hydrogen-bond acceptors (Lipinski definition) is 3. The Balaban J connectivity index is 0.000000188. The van der Waals surface area contributed by atoms with E-state index in [9.17, 15) is 15.0 Å². The molecule has 0 aliphatic carbocycles. The quantitative estimate of drug-likeness (QED) is 0.902. The molecule has 0 aromatic heterocycles. The smallest absolute Gasteiger partial charge is 0.345 e. The van der Waals surface area contributed by atoms with Crippen LogP contribution in [0.25, 0.3) is 0 Å². The summed E-state index contributed by atoms with van der Waals surface area (Å²) < 4.78 is 0. The molecule has 5 rings (SSSR count). The number of aliphatic hydroxyl groups is 1. The van der Waals surface area contributed by atoms with E-state index in [1.807, 2.05) is 0 Å². The van der Waals surface area contributed by atoms with Crippen LogP contribution < -0.4 is 0 Å². The van der Waals surface area contributed by atoms with Gasteiger partial charge in [-0.25, -0.2) is 4.79 Å². The van der Waals surface area contributed by atoms with Crippen LogP contribution in [-0.2, 0) is 10.4 Å². The van der Waals surface area contributed by atoms with Crippen LogP contribution in [-0.4, -0.2) is 40.7 Å². The molecule has 0 saturated carbocycles. The lowest BCUT2D eigenvalue weighted by atomic mass is 9.86. The molecule has 0 unspecified atom stereocenters. The summed E-state index contributed by atoms with van der Waals surface area (Å²) in [5, 5.41) is 19.7. The molecule has 4 nitrogen and oxygen atoms in total. The number of carbonyl (C=O) groups is 1. The highest BCUT2D eigenvalue weighted by Crippen LogP contribution is 2.29. The molecule has 3 heterocycles. The molecule has 0 radical (unpaired) electrons. The van der Waals surface area contributed by atoms with Gasteiger partial charge in [-0.2, -0.15) is 0 Å². The number of hydrogen-bond donors (Lipinski definition) is 2. The third kappa shape index (κ3) is 3.91. The van der Waals surface area contributed by atoms with E-state index in [-0.39, 0.29) is 0 Å². The summed E-state index contributed by atoms with van der Waals surface area (Å²) in [4.78, 5) is 14.0. The van der Waals surface area contributed by atoms with Crippen molar-refractivity contribution < 1.29 is 15.0 Å². The standard InChI is InChI=1S/C14H12O3.C7H13N/c15-13(16)14(17,11-7-3-1-4-8-11)12-9-5-2-6-10-12;1-4-8-5-2-7(1)3-6-8/h1-10,17H,(H,15,16);7H,1-6H2. The Morgan fingerprint density at radius 2 is 1.24 bits per heavy atom. The minimum atomic E-state index is -2.00. The molecule has 25 heavy (non-hydrogen) atoms. The topological polar surface area (TPSA) is 60.8 Å². The first-order valence-corrected chi connectivity index (χ1v) is 8.90. The van der Waals surface area contributed by atoms with E-state index in [2.05, 4.69) is 4.90 Å². The second-order valence-corrected chi connectivity index (χ2v) is 6.82. The van der Waals surface area contributed by atoms with Gasteiger partial charge in [0.25, 0.3) is 0 Å². The minimum absolute atomic E-state index is 0.346. The summed E-state index contributed by atoms with van der Waals surface area (Å²) in [5.74, 6) is -0.171. The van der Waals surface area contributed by atoms with Gasteiger partial charge in [0.15, 0.2) is 0 Å². The van der Waals surface area contributed by atoms with Crippen molar-refractivity contribution in [1.82, 2.24) is 4.90 Å². The van der Waals surface area contributed by atoms with Crippen molar-refractivity contribution in [3.8, 4) is 0 Å². The largest absolute Gasteiger partial charge is 0.479 e. The predicted molar refractivity (Wildman–Crippen MR) is 97.3 cm³/mol. The molecule has 3 aliphatic rings. The number of piperidine rings is 3. The van der Waals surface area contributed by atoms with Crippen molar-refractivity contribution in [3.63, 3.8) is 0 Å². The molecule has 3 fully saturated rings. The highest BCUT2D eigenvalue weighted by Gasteiger charge is 2.39. The van der Waals surface area contributed by atoms with Gasteiger partial charge in [-0.1, -0.05) is 60.7 Å². The van der Waals surface area contributed by atoms with E-state index in [0.717, 1.165) is 5.92 Å². The molecule has 2 aromatic rings. The normalized spacial score (nSPS) is 22.0. The second kappa shape index (κ2) is 7.81. The molecule has 4 heteroatoms. The average Bonchev–Trinajstić information content (AvgIpc) is 2.70. The fourth-order valence-corrected chi connectivity index (χ4v) is 3.64. The van der Waals surface area contributed by atoms with Crippen LogP contribution in [0.15, 0.2) is 60.7 Å². The number of carboxylic acid groups (broad SMARTS) is 1. The zero-order valence-electron chi connectivity index (χ0n) is 14.3. The van der Waals surface area contributed by atoms with Gasteiger partial charge in [0.2, 0.25) is 5.60 Å². The van der Waals surface area contributed by atoms with Gasteiger partial charge in [0.1, 0.15) is 0 Å². The lowest BCUT2D eigenvalue weighted by molar-refractivity contribution is -0.155. The molecule has 3 saturated heterocycles. The Kier molecular flexibility index (Phi) is 5.51. The van der Waals surface area contributed by atoms with Crippen LogP contribution in [0.2, 0.25) is 0 Å². The maximum Gasteiger partial charge on any atom is 0.345 e. The molecule has 132 valence electrons. The lowest BCUT2D eigenvalue weighted by Gasteiger charge is -2.38. The summed E-state index contributed by atoms with van der Waals surface area (Å²) in [6.45, 7) is 4.18. The minimum Gasteiger partial charge on any atom is -0.479 e. The number of nitrogens with zero attached hydrogens (tertiary/aromatic N) is 1. The fourth-order valence-electron chi connectivity index (χ4n) is 3.64. The summed E-state index contributed by atoms with van der Waals surface area (Å²) >= 11 is 0. The van der Waals surface area contributed by atoms with Crippen LogP contribution >= 0.6 is 0 Å². The lowest BCUT2D eigenvalue weighted by Crippen LogP contribution is -2.41. The van der Waals surface area contributed by atoms with Crippen LogP contribution in [0.1, 0.15) is 30.4 Å². The number of benzene rings is 2. The predicted octanol–water partition coefficient (Wildman–Crippen LogP) is 3.11. The average molecular weight is 339 g/mol. The first kappa shape index (κ1) is 17.6. The Morgan fingerprint density at radius 1 is 0.840 bits per heavy atom. The molecular formula is C21H25NO3. The third-order valence-corrected chi connectivity index (χ3v) is 5.25. The molecule has 0 spiro atoms. The van der Waals surface area contributed by atoms with Gasteiger partial charge in [0, 0.05) is 0 Å². The maximum atomic E-state index is 11.4. The van der Waals surface area contributed by atoms with Crippen molar-refractivity contribution in [2.45, 2.75) is 24.9 Å². The molecule has 2 bridgehead atoms. The zero-order valence-corrected chi connectivity index (χ0v) is 14.3. The van der Waals surface area contributed by atoms with Gasteiger partial charge in [-0.05, 0) is 55.9 Å². The van der Waals surface area contributed by atoms with E-state index < -0.39 is 11.6 Å². The van der Waals surface area contributed by atoms with Crippen LogP contribution in [0, 0.1) is 5.92 Å².